The molecule has 1 heterocycles. The Morgan fingerprint density at radius 3 is 2.85 bits per heavy atom. The Labute approximate surface area is 126 Å². The van der Waals surface area contributed by atoms with Crippen molar-refractivity contribution in [3.8, 4) is 0 Å². The zero-order chi connectivity index (χ0) is 14.2. The Hall–Kier alpha value is -1.44. The standard InChI is InChI=1S/C13H16N4OS2/c14-8-6-11(18)15-13-17-16-12(20-13)7-9-19-10-4-2-1-3-5-10/h1-5H,6-9,14H2,(H,15,17,18). The number of benzene rings is 1. The molecular formula is C13H16N4OS2. The van der Waals surface area contributed by atoms with E-state index in [4.69, 9.17) is 5.73 Å². The molecule has 7 heteroatoms. The van der Waals surface area contributed by atoms with Gasteiger partial charge in [0.05, 0.1) is 0 Å². The molecule has 106 valence electrons. The molecule has 0 radical (unpaired) electrons. The van der Waals surface area contributed by atoms with Gasteiger partial charge in [-0.15, -0.1) is 22.0 Å². The number of hydrogen-bond acceptors (Lipinski definition) is 6. The van der Waals surface area contributed by atoms with Crippen LogP contribution in [0.25, 0.3) is 0 Å². The number of hydrogen-bond donors (Lipinski definition) is 2. The van der Waals surface area contributed by atoms with Gasteiger partial charge < -0.3 is 11.1 Å². The first-order valence-electron chi connectivity index (χ1n) is 6.28. The minimum Gasteiger partial charge on any atom is -0.330 e. The van der Waals surface area contributed by atoms with Crippen molar-refractivity contribution >= 4 is 34.1 Å². The van der Waals surface area contributed by atoms with Gasteiger partial charge in [0.1, 0.15) is 5.01 Å². The fraction of sp³-hybridized carbons (Fsp3) is 0.308. The molecule has 0 aliphatic heterocycles. The van der Waals surface area contributed by atoms with Gasteiger partial charge in [0.25, 0.3) is 0 Å². The Morgan fingerprint density at radius 2 is 2.10 bits per heavy atom. The normalized spacial score (nSPS) is 10.4. The minimum atomic E-state index is -0.117. The number of nitrogens with zero attached hydrogens (tertiary/aromatic N) is 2. The number of aromatic nitrogens is 2. The van der Waals surface area contributed by atoms with Crippen LogP contribution < -0.4 is 11.1 Å². The number of thioether (sulfide) groups is 1. The average molecular weight is 308 g/mol. The Bertz CT molecular complexity index is 544. The number of nitrogens with one attached hydrogen (secondary N) is 1. The molecule has 2 rings (SSSR count). The highest BCUT2D eigenvalue weighted by atomic mass is 32.2. The lowest BCUT2D eigenvalue weighted by molar-refractivity contribution is -0.116. The van der Waals surface area contributed by atoms with Gasteiger partial charge in [-0.3, -0.25) is 4.79 Å². The van der Waals surface area contributed by atoms with E-state index in [0.29, 0.717) is 18.1 Å². The number of anilines is 1. The third-order valence-electron chi connectivity index (χ3n) is 2.41. The Kier molecular flexibility index (Phi) is 5.97. The van der Waals surface area contributed by atoms with Gasteiger partial charge in [0.2, 0.25) is 11.0 Å². The molecule has 0 aliphatic rings. The van der Waals surface area contributed by atoms with Crippen molar-refractivity contribution in [1.29, 1.82) is 0 Å². The van der Waals surface area contributed by atoms with Gasteiger partial charge in [0.15, 0.2) is 0 Å². The fourth-order valence-electron chi connectivity index (χ4n) is 1.49. The number of nitrogens with two attached hydrogens (primary N) is 1. The highest BCUT2D eigenvalue weighted by molar-refractivity contribution is 7.99. The van der Waals surface area contributed by atoms with Crippen molar-refractivity contribution in [1.82, 2.24) is 10.2 Å². The van der Waals surface area contributed by atoms with Gasteiger partial charge in [-0.05, 0) is 12.1 Å². The zero-order valence-electron chi connectivity index (χ0n) is 10.9. The monoisotopic (exact) mass is 308 g/mol. The third-order valence-corrected chi connectivity index (χ3v) is 4.32. The van der Waals surface area contributed by atoms with Crippen LogP contribution in [-0.2, 0) is 11.2 Å². The van der Waals surface area contributed by atoms with E-state index < -0.39 is 0 Å². The van der Waals surface area contributed by atoms with Gasteiger partial charge in [-0.25, -0.2) is 0 Å². The summed E-state index contributed by atoms with van der Waals surface area (Å²) in [5.74, 6) is 0.823. The summed E-state index contributed by atoms with van der Waals surface area (Å²) >= 11 is 3.20. The highest BCUT2D eigenvalue weighted by Gasteiger charge is 2.07. The molecule has 0 saturated heterocycles. The molecule has 0 unspecified atom stereocenters. The lowest BCUT2D eigenvalue weighted by Gasteiger charge is -1.98. The van der Waals surface area contributed by atoms with E-state index in [-0.39, 0.29) is 5.91 Å². The van der Waals surface area contributed by atoms with Gasteiger partial charge in [-0.1, -0.05) is 29.5 Å². The van der Waals surface area contributed by atoms with Crippen LogP contribution in [0.5, 0.6) is 0 Å². The fourth-order valence-corrected chi connectivity index (χ4v) is 3.26. The quantitative estimate of drug-likeness (QED) is 0.766. The second-order valence-corrected chi connectivity index (χ2v) is 6.23. The van der Waals surface area contributed by atoms with Crippen LogP contribution in [0.15, 0.2) is 35.2 Å². The van der Waals surface area contributed by atoms with Crippen molar-refractivity contribution < 1.29 is 4.79 Å². The van der Waals surface area contributed by atoms with Gasteiger partial charge in [0, 0.05) is 30.0 Å². The number of carbonyl (C=O) groups excluding carboxylic acids is 1. The molecule has 1 aromatic heterocycles. The topological polar surface area (TPSA) is 80.9 Å². The first-order chi connectivity index (χ1) is 9.78. The van der Waals surface area contributed by atoms with Crippen LogP contribution in [0, 0.1) is 0 Å². The molecule has 0 saturated carbocycles. The smallest absolute Gasteiger partial charge is 0.227 e. The van der Waals surface area contributed by atoms with E-state index in [0.717, 1.165) is 17.2 Å². The molecule has 20 heavy (non-hydrogen) atoms. The molecule has 0 atom stereocenters. The molecule has 2 aromatic rings. The molecule has 0 fully saturated rings. The van der Waals surface area contributed by atoms with Crippen molar-refractivity contribution in [2.75, 3.05) is 17.6 Å². The Morgan fingerprint density at radius 1 is 1.30 bits per heavy atom. The van der Waals surface area contributed by atoms with Gasteiger partial charge in [-0.2, -0.15) is 0 Å². The summed E-state index contributed by atoms with van der Waals surface area (Å²) < 4.78 is 0. The van der Waals surface area contributed by atoms with Crippen LogP contribution in [0.2, 0.25) is 0 Å². The number of carbonyl (C=O) groups is 1. The molecule has 3 N–H and O–H groups in total. The van der Waals surface area contributed by atoms with E-state index in [2.05, 4.69) is 27.6 Å². The molecule has 5 nitrogen and oxygen atoms in total. The summed E-state index contributed by atoms with van der Waals surface area (Å²) in [5, 5.41) is 12.2. The highest BCUT2D eigenvalue weighted by Crippen LogP contribution is 2.21. The molecule has 1 amide bonds. The van der Waals surface area contributed by atoms with E-state index in [1.807, 2.05) is 18.2 Å². The van der Waals surface area contributed by atoms with E-state index in [1.165, 1.54) is 16.2 Å². The summed E-state index contributed by atoms with van der Waals surface area (Å²) in [6.45, 7) is 0.339. The lowest BCUT2D eigenvalue weighted by atomic mass is 10.4. The molecule has 0 spiro atoms. The zero-order valence-corrected chi connectivity index (χ0v) is 12.5. The number of aryl methyl sites for hydroxylation is 1. The average Bonchev–Trinajstić information content (AvgIpc) is 2.88. The Balaban J connectivity index is 1.77. The first kappa shape index (κ1) is 15.0. The second kappa shape index (κ2) is 7.98. The lowest BCUT2D eigenvalue weighted by Crippen LogP contribution is -2.15. The summed E-state index contributed by atoms with van der Waals surface area (Å²) in [6.07, 6.45) is 1.14. The van der Waals surface area contributed by atoms with Crippen LogP contribution >= 0.6 is 23.1 Å². The first-order valence-corrected chi connectivity index (χ1v) is 8.08. The summed E-state index contributed by atoms with van der Waals surface area (Å²) in [4.78, 5) is 12.6. The van der Waals surface area contributed by atoms with Crippen LogP contribution in [0.4, 0.5) is 5.13 Å². The van der Waals surface area contributed by atoms with Crippen molar-refractivity contribution in [3.05, 3.63) is 35.3 Å². The minimum absolute atomic E-state index is 0.117. The number of amides is 1. The predicted octanol–water partition coefficient (Wildman–Crippen LogP) is 2.16. The molecule has 0 bridgehead atoms. The van der Waals surface area contributed by atoms with E-state index in [1.54, 1.807) is 11.8 Å². The van der Waals surface area contributed by atoms with Crippen molar-refractivity contribution in [2.45, 2.75) is 17.7 Å². The maximum Gasteiger partial charge on any atom is 0.227 e. The van der Waals surface area contributed by atoms with Gasteiger partial charge >= 0.3 is 0 Å². The van der Waals surface area contributed by atoms with Crippen LogP contribution in [-0.4, -0.2) is 28.4 Å². The van der Waals surface area contributed by atoms with Crippen LogP contribution in [0.3, 0.4) is 0 Å². The van der Waals surface area contributed by atoms with Crippen LogP contribution in [0.1, 0.15) is 11.4 Å². The molecular weight excluding hydrogens is 292 g/mol. The SMILES string of the molecule is NCCC(=O)Nc1nnc(CCSc2ccccc2)s1. The third kappa shape index (κ3) is 4.92. The molecule has 0 aliphatic carbocycles. The van der Waals surface area contributed by atoms with Crippen molar-refractivity contribution in [2.24, 2.45) is 5.73 Å². The summed E-state index contributed by atoms with van der Waals surface area (Å²) in [5.41, 5.74) is 5.31. The molecule has 1 aromatic carbocycles. The second-order valence-electron chi connectivity index (χ2n) is 4.00. The maximum absolute atomic E-state index is 11.4. The number of rotatable bonds is 7. The van der Waals surface area contributed by atoms with Crippen molar-refractivity contribution in [3.63, 3.8) is 0 Å². The largest absolute Gasteiger partial charge is 0.330 e. The summed E-state index contributed by atoms with van der Waals surface area (Å²) in [6, 6.07) is 10.2. The maximum atomic E-state index is 11.4. The predicted molar refractivity (Wildman–Crippen MR) is 83.1 cm³/mol. The van der Waals surface area contributed by atoms with E-state index >= 15 is 0 Å². The summed E-state index contributed by atoms with van der Waals surface area (Å²) in [7, 11) is 0. The van der Waals surface area contributed by atoms with E-state index in [9.17, 15) is 4.79 Å².